The number of amides is 1. The smallest absolute Gasteiger partial charge is 0.262 e. The van der Waals surface area contributed by atoms with Crippen molar-refractivity contribution in [2.75, 3.05) is 11.9 Å². The summed E-state index contributed by atoms with van der Waals surface area (Å²) in [7, 11) is 0. The molecule has 0 spiro atoms. The number of nitrogens with one attached hydrogen (secondary N) is 1. The van der Waals surface area contributed by atoms with Gasteiger partial charge in [0, 0.05) is 26.8 Å². The second-order valence-corrected chi connectivity index (χ2v) is 5.79. The van der Waals surface area contributed by atoms with E-state index in [4.69, 9.17) is 51.1 Å². The Kier molecular flexibility index (Phi) is 5.59. The second kappa shape index (κ2) is 7.23. The minimum absolute atomic E-state index is 0.218. The lowest BCUT2D eigenvalue weighted by Crippen LogP contribution is -2.20. The zero-order chi connectivity index (χ0) is 15.4. The molecule has 0 fully saturated rings. The van der Waals surface area contributed by atoms with Crippen LogP contribution in [0.25, 0.3) is 0 Å². The highest BCUT2D eigenvalue weighted by molar-refractivity contribution is 6.35. The largest absolute Gasteiger partial charge is 0.482 e. The summed E-state index contributed by atoms with van der Waals surface area (Å²) in [6.45, 7) is -0.218. The summed E-state index contributed by atoms with van der Waals surface area (Å²) < 4.78 is 5.32. The Bertz CT molecular complexity index is 656. The summed E-state index contributed by atoms with van der Waals surface area (Å²) in [5.74, 6) is -0.0344. The predicted molar refractivity (Wildman–Crippen MR) is 87.0 cm³/mol. The van der Waals surface area contributed by atoms with Gasteiger partial charge in [-0.25, -0.2) is 0 Å². The van der Waals surface area contributed by atoms with Crippen LogP contribution < -0.4 is 10.1 Å². The molecular formula is C14H9Cl4NO2. The third-order valence-electron chi connectivity index (χ3n) is 2.40. The molecule has 21 heavy (non-hydrogen) atoms. The summed E-state index contributed by atoms with van der Waals surface area (Å²) in [5.41, 5.74) is 0.485. The fourth-order valence-corrected chi connectivity index (χ4v) is 2.41. The molecule has 7 heteroatoms. The first kappa shape index (κ1) is 16.2. The fourth-order valence-electron chi connectivity index (χ4n) is 1.55. The van der Waals surface area contributed by atoms with Crippen molar-refractivity contribution in [3.8, 4) is 5.75 Å². The van der Waals surface area contributed by atoms with Gasteiger partial charge in [-0.2, -0.15) is 0 Å². The molecule has 0 heterocycles. The standard InChI is InChI=1S/C14H9Cl4NO2/c15-8-1-2-12(18)13(6-8)21-7-14(20)19-11-4-9(16)3-10(17)5-11/h1-6H,7H2,(H,19,20). The fraction of sp³-hybridized carbons (Fsp3) is 0.0714. The van der Waals surface area contributed by atoms with Gasteiger partial charge in [-0.05, 0) is 30.3 Å². The van der Waals surface area contributed by atoms with E-state index in [-0.39, 0.29) is 12.5 Å². The molecule has 0 aliphatic heterocycles. The van der Waals surface area contributed by atoms with Gasteiger partial charge in [-0.1, -0.05) is 46.4 Å². The molecule has 0 aliphatic carbocycles. The van der Waals surface area contributed by atoms with E-state index in [1.807, 2.05) is 0 Å². The summed E-state index contributed by atoms with van der Waals surface area (Å²) >= 11 is 23.5. The van der Waals surface area contributed by atoms with Crippen molar-refractivity contribution < 1.29 is 9.53 Å². The Hall–Kier alpha value is -1.13. The molecule has 110 valence electrons. The van der Waals surface area contributed by atoms with E-state index in [9.17, 15) is 4.79 Å². The maximum Gasteiger partial charge on any atom is 0.262 e. The number of rotatable bonds is 4. The highest BCUT2D eigenvalue weighted by Gasteiger charge is 2.08. The van der Waals surface area contributed by atoms with Crippen LogP contribution in [0.15, 0.2) is 36.4 Å². The number of carbonyl (C=O) groups excluding carboxylic acids is 1. The zero-order valence-corrected chi connectivity index (χ0v) is 13.5. The Morgan fingerprint density at radius 1 is 0.952 bits per heavy atom. The highest BCUT2D eigenvalue weighted by atomic mass is 35.5. The molecule has 1 amide bonds. The van der Waals surface area contributed by atoms with E-state index < -0.39 is 0 Å². The molecule has 0 aliphatic rings. The molecule has 2 rings (SSSR count). The van der Waals surface area contributed by atoms with Crippen LogP contribution in [0, 0.1) is 0 Å². The van der Waals surface area contributed by atoms with Crippen LogP contribution in [-0.2, 0) is 4.79 Å². The van der Waals surface area contributed by atoms with Crippen LogP contribution in [0.3, 0.4) is 0 Å². The van der Waals surface area contributed by atoms with Crippen molar-refractivity contribution in [3.05, 3.63) is 56.5 Å². The van der Waals surface area contributed by atoms with E-state index in [0.29, 0.717) is 31.5 Å². The number of halogens is 4. The molecular weight excluding hydrogens is 356 g/mol. The van der Waals surface area contributed by atoms with Crippen molar-refractivity contribution in [1.82, 2.24) is 0 Å². The summed E-state index contributed by atoms with van der Waals surface area (Å²) in [4.78, 5) is 11.8. The van der Waals surface area contributed by atoms with Gasteiger partial charge in [0.2, 0.25) is 0 Å². The van der Waals surface area contributed by atoms with E-state index in [0.717, 1.165) is 0 Å². The first-order valence-corrected chi connectivity index (χ1v) is 7.29. The quantitative estimate of drug-likeness (QED) is 0.797. The summed E-state index contributed by atoms with van der Waals surface area (Å²) in [5, 5.41) is 4.32. The first-order chi connectivity index (χ1) is 9.94. The molecule has 3 nitrogen and oxygen atoms in total. The average Bonchev–Trinajstić information content (AvgIpc) is 2.38. The van der Waals surface area contributed by atoms with Crippen LogP contribution in [0.4, 0.5) is 5.69 Å². The van der Waals surface area contributed by atoms with Crippen LogP contribution in [0.1, 0.15) is 0 Å². The van der Waals surface area contributed by atoms with Gasteiger partial charge < -0.3 is 10.1 Å². The molecule has 0 saturated carbocycles. The highest BCUT2D eigenvalue weighted by Crippen LogP contribution is 2.27. The molecule has 0 unspecified atom stereocenters. The van der Waals surface area contributed by atoms with Gasteiger partial charge in [0.1, 0.15) is 5.75 Å². The van der Waals surface area contributed by atoms with Crippen LogP contribution in [0.5, 0.6) is 5.75 Å². The van der Waals surface area contributed by atoms with Crippen LogP contribution >= 0.6 is 46.4 Å². The van der Waals surface area contributed by atoms with Crippen molar-refractivity contribution in [2.24, 2.45) is 0 Å². The molecule has 2 aromatic carbocycles. The second-order valence-electron chi connectivity index (χ2n) is 4.07. The third kappa shape index (κ3) is 4.97. The monoisotopic (exact) mass is 363 g/mol. The molecule has 0 saturated heterocycles. The summed E-state index contributed by atoms with van der Waals surface area (Å²) in [6.07, 6.45) is 0. The molecule has 0 atom stereocenters. The van der Waals surface area contributed by atoms with Crippen molar-refractivity contribution in [3.63, 3.8) is 0 Å². The SMILES string of the molecule is O=C(COc1cc(Cl)ccc1Cl)Nc1cc(Cl)cc(Cl)c1. The van der Waals surface area contributed by atoms with E-state index >= 15 is 0 Å². The van der Waals surface area contributed by atoms with Crippen molar-refractivity contribution in [2.45, 2.75) is 0 Å². The number of hydrogen-bond acceptors (Lipinski definition) is 2. The minimum atomic E-state index is -0.371. The van der Waals surface area contributed by atoms with E-state index in [1.165, 1.54) is 6.07 Å². The van der Waals surface area contributed by atoms with Gasteiger partial charge >= 0.3 is 0 Å². The lowest BCUT2D eigenvalue weighted by Gasteiger charge is -2.09. The van der Waals surface area contributed by atoms with Crippen molar-refractivity contribution >= 4 is 58.0 Å². The Labute approximate surface area is 141 Å². The van der Waals surface area contributed by atoms with Gasteiger partial charge in [0.25, 0.3) is 5.91 Å². The first-order valence-electron chi connectivity index (χ1n) is 5.78. The molecule has 0 aromatic heterocycles. The molecule has 0 radical (unpaired) electrons. The average molecular weight is 365 g/mol. The molecule has 0 bridgehead atoms. The lowest BCUT2D eigenvalue weighted by atomic mass is 10.3. The van der Waals surface area contributed by atoms with Gasteiger partial charge in [-0.3, -0.25) is 4.79 Å². The van der Waals surface area contributed by atoms with E-state index in [2.05, 4.69) is 5.32 Å². The Morgan fingerprint density at radius 3 is 2.29 bits per heavy atom. The lowest BCUT2D eigenvalue weighted by molar-refractivity contribution is -0.118. The van der Waals surface area contributed by atoms with Crippen LogP contribution in [0.2, 0.25) is 20.1 Å². The molecule has 1 N–H and O–H groups in total. The number of anilines is 1. The van der Waals surface area contributed by atoms with Crippen LogP contribution in [-0.4, -0.2) is 12.5 Å². The maximum absolute atomic E-state index is 11.8. The topological polar surface area (TPSA) is 38.3 Å². The zero-order valence-electron chi connectivity index (χ0n) is 10.5. The Balaban J connectivity index is 1.97. The minimum Gasteiger partial charge on any atom is -0.482 e. The number of carbonyl (C=O) groups is 1. The Morgan fingerprint density at radius 2 is 1.62 bits per heavy atom. The van der Waals surface area contributed by atoms with Crippen molar-refractivity contribution in [1.29, 1.82) is 0 Å². The molecule has 2 aromatic rings. The number of hydrogen-bond donors (Lipinski definition) is 1. The number of ether oxygens (including phenoxy) is 1. The van der Waals surface area contributed by atoms with E-state index in [1.54, 1.807) is 30.3 Å². The maximum atomic E-state index is 11.8. The third-order valence-corrected chi connectivity index (χ3v) is 3.38. The number of benzene rings is 2. The summed E-state index contributed by atoms with van der Waals surface area (Å²) in [6, 6.07) is 9.49. The normalized spacial score (nSPS) is 10.3. The van der Waals surface area contributed by atoms with Gasteiger partial charge in [0.05, 0.1) is 5.02 Å². The van der Waals surface area contributed by atoms with Gasteiger partial charge in [0.15, 0.2) is 6.61 Å². The van der Waals surface area contributed by atoms with Gasteiger partial charge in [-0.15, -0.1) is 0 Å². The predicted octanol–water partition coefficient (Wildman–Crippen LogP) is 5.32.